The van der Waals surface area contributed by atoms with E-state index in [2.05, 4.69) is 5.32 Å². The van der Waals surface area contributed by atoms with E-state index in [9.17, 15) is 4.79 Å². The van der Waals surface area contributed by atoms with Gasteiger partial charge in [-0.25, -0.2) is 0 Å². The molecule has 0 saturated heterocycles. The monoisotopic (exact) mass is 232 g/mol. The van der Waals surface area contributed by atoms with Crippen LogP contribution in [-0.2, 0) is 4.79 Å². The Morgan fingerprint density at radius 1 is 1.46 bits per heavy atom. The van der Waals surface area contributed by atoms with Crippen molar-refractivity contribution in [1.82, 2.24) is 5.32 Å². The summed E-state index contributed by atoms with van der Waals surface area (Å²) >= 11 is 0. The van der Waals surface area contributed by atoms with E-state index in [4.69, 9.17) is 10.8 Å². The summed E-state index contributed by atoms with van der Waals surface area (Å²) in [4.78, 5) is 10.4. The minimum absolute atomic E-state index is 0. The molecule has 0 radical (unpaired) electrons. The van der Waals surface area contributed by atoms with Gasteiger partial charge in [-0.05, 0) is 26.4 Å². The Bertz CT molecular complexity index is 125. The Balaban J connectivity index is -0.000000500. The molecule has 0 aliphatic heterocycles. The van der Waals surface area contributed by atoms with Crippen LogP contribution in [0.15, 0.2) is 0 Å². The number of likely N-dealkylation sites (N-methyl/N-ethyl adjacent to an activating group) is 1. The van der Waals surface area contributed by atoms with Gasteiger partial charge in [-0.2, -0.15) is 0 Å². The highest BCUT2D eigenvalue weighted by atomic mass is 35.5. The van der Waals surface area contributed by atoms with Crippen LogP contribution in [0.1, 0.15) is 19.3 Å². The molecule has 0 aromatic heterocycles. The first kappa shape index (κ1) is 18.7. The van der Waals surface area contributed by atoms with Crippen molar-refractivity contribution in [3.63, 3.8) is 0 Å². The molecule has 0 aromatic carbocycles. The maximum absolute atomic E-state index is 10.4. The molecule has 0 aliphatic carbocycles. The molecule has 0 rings (SSSR count). The van der Waals surface area contributed by atoms with Gasteiger partial charge in [0.15, 0.2) is 0 Å². The first-order valence-corrected chi connectivity index (χ1v) is 3.82. The van der Waals surface area contributed by atoms with Crippen LogP contribution in [-0.4, -0.2) is 30.7 Å². The number of unbranched alkanes of at least 4 members (excludes halogenated alkanes) is 1. The Hall–Kier alpha value is -0.0300. The molecule has 0 aliphatic rings. The van der Waals surface area contributed by atoms with Gasteiger partial charge >= 0.3 is 5.97 Å². The van der Waals surface area contributed by atoms with E-state index in [1.807, 2.05) is 0 Å². The van der Waals surface area contributed by atoms with Crippen molar-refractivity contribution in [2.75, 3.05) is 13.6 Å². The highest BCUT2D eigenvalue weighted by Crippen LogP contribution is 1.99. The number of rotatable bonds is 6. The number of carboxylic acid groups (broad SMARTS) is 1. The quantitative estimate of drug-likeness (QED) is 0.588. The maximum atomic E-state index is 10.4. The molecule has 4 N–H and O–H groups in total. The van der Waals surface area contributed by atoms with E-state index in [1.54, 1.807) is 7.05 Å². The molecule has 0 bridgehead atoms. The lowest BCUT2D eigenvalue weighted by atomic mass is 10.1. The van der Waals surface area contributed by atoms with Crippen molar-refractivity contribution >= 4 is 30.8 Å². The number of nitrogens with two attached hydrogens (primary N) is 1. The standard InChI is InChI=1S/C7H16N2O2.2ClH/c1-9-6(7(10)11)4-2-3-5-8;;/h6,9H,2-5,8H2,1H3,(H,10,11);2*1H/t6-;;/m0../s1. The van der Waals surface area contributed by atoms with Gasteiger partial charge in [0, 0.05) is 0 Å². The Kier molecular flexibility index (Phi) is 17.2. The van der Waals surface area contributed by atoms with E-state index < -0.39 is 12.0 Å². The van der Waals surface area contributed by atoms with Crippen molar-refractivity contribution in [2.24, 2.45) is 5.73 Å². The summed E-state index contributed by atoms with van der Waals surface area (Å²) in [5.41, 5.74) is 5.26. The fourth-order valence-corrected chi connectivity index (χ4v) is 0.884. The Labute approximate surface area is 91.1 Å². The molecule has 0 unspecified atom stereocenters. The predicted molar refractivity (Wildman–Crippen MR) is 57.9 cm³/mol. The molecular formula is C7H18Cl2N2O2. The minimum Gasteiger partial charge on any atom is -0.480 e. The van der Waals surface area contributed by atoms with E-state index in [1.165, 1.54) is 0 Å². The minimum atomic E-state index is -0.787. The lowest BCUT2D eigenvalue weighted by molar-refractivity contribution is -0.139. The van der Waals surface area contributed by atoms with E-state index in [0.717, 1.165) is 12.8 Å². The number of hydrogen-bond acceptors (Lipinski definition) is 3. The molecule has 0 fully saturated rings. The lowest BCUT2D eigenvalue weighted by Gasteiger charge is -2.09. The zero-order chi connectivity index (χ0) is 8.69. The predicted octanol–water partition coefficient (Wildman–Crippen LogP) is 0.632. The highest BCUT2D eigenvalue weighted by Gasteiger charge is 2.12. The first-order valence-electron chi connectivity index (χ1n) is 3.82. The van der Waals surface area contributed by atoms with Gasteiger partial charge in [0.2, 0.25) is 0 Å². The van der Waals surface area contributed by atoms with E-state index in [-0.39, 0.29) is 24.8 Å². The van der Waals surface area contributed by atoms with Crippen LogP contribution in [0.3, 0.4) is 0 Å². The summed E-state index contributed by atoms with van der Waals surface area (Å²) in [5.74, 6) is -0.787. The van der Waals surface area contributed by atoms with Crippen molar-refractivity contribution in [3.05, 3.63) is 0 Å². The molecule has 0 aromatic rings. The lowest BCUT2D eigenvalue weighted by Crippen LogP contribution is -2.33. The molecular weight excluding hydrogens is 215 g/mol. The number of aliphatic carboxylic acids is 1. The van der Waals surface area contributed by atoms with Crippen molar-refractivity contribution in [2.45, 2.75) is 25.3 Å². The molecule has 13 heavy (non-hydrogen) atoms. The second-order valence-corrected chi connectivity index (χ2v) is 2.46. The smallest absolute Gasteiger partial charge is 0.320 e. The van der Waals surface area contributed by atoms with E-state index in [0.29, 0.717) is 13.0 Å². The summed E-state index contributed by atoms with van der Waals surface area (Å²) in [5, 5.41) is 11.3. The maximum Gasteiger partial charge on any atom is 0.320 e. The fraction of sp³-hybridized carbons (Fsp3) is 0.857. The number of carbonyl (C=O) groups is 1. The van der Waals surface area contributed by atoms with Gasteiger partial charge < -0.3 is 16.2 Å². The third-order valence-corrected chi connectivity index (χ3v) is 1.59. The van der Waals surface area contributed by atoms with Gasteiger partial charge in [0.25, 0.3) is 0 Å². The van der Waals surface area contributed by atoms with Crippen LogP contribution in [0, 0.1) is 0 Å². The van der Waals surface area contributed by atoms with Crippen molar-refractivity contribution in [3.8, 4) is 0 Å². The molecule has 0 spiro atoms. The van der Waals surface area contributed by atoms with E-state index >= 15 is 0 Å². The fourth-order valence-electron chi connectivity index (χ4n) is 0.884. The molecule has 6 heteroatoms. The second kappa shape index (κ2) is 12.0. The Morgan fingerprint density at radius 2 is 2.00 bits per heavy atom. The van der Waals surface area contributed by atoms with Gasteiger partial charge in [0.1, 0.15) is 6.04 Å². The Morgan fingerprint density at radius 3 is 2.31 bits per heavy atom. The van der Waals surface area contributed by atoms with Crippen LogP contribution >= 0.6 is 24.8 Å². The van der Waals surface area contributed by atoms with Gasteiger partial charge in [-0.1, -0.05) is 6.42 Å². The van der Waals surface area contributed by atoms with Crippen molar-refractivity contribution in [1.29, 1.82) is 0 Å². The molecule has 0 amide bonds. The zero-order valence-corrected chi connectivity index (χ0v) is 9.29. The molecule has 0 heterocycles. The van der Waals surface area contributed by atoms with Crippen LogP contribution in [0.25, 0.3) is 0 Å². The molecule has 82 valence electrons. The molecule has 0 saturated carbocycles. The average molecular weight is 233 g/mol. The molecule has 4 nitrogen and oxygen atoms in total. The topological polar surface area (TPSA) is 75.3 Å². The number of nitrogens with one attached hydrogen (secondary N) is 1. The van der Waals surface area contributed by atoms with Crippen molar-refractivity contribution < 1.29 is 9.90 Å². The highest BCUT2D eigenvalue weighted by molar-refractivity contribution is 5.85. The van der Waals surface area contributed by atoms with Crippen LogP contribution in [0.2, 0.25) is 0 Å². The summed E-state index contributed by atoms with van der Waals surface area (Å²) in [7, 11) is 1.65. The number of carboxylic acids is 1. The second-order valence-electron chi connectivity index (χ2n) is 2.46. The van der Waals surface area contributed by atoms with Gasteiger partial charge in [-0.3, -0.25) is 4.79 Å². The SMILES string of the molecule is CN[C@@H](CCCCN)C(=O)O.Cl.Cl. The summed E-state index contributed by atoms with van der Waals surface area (Å²) in [6.07, 6.45) is 2.42. The zero-order valence-electron chi connectivity index (χ0n) is 7.66. The normalized spacial score (nSPS) is 10.9. The largest absolute Gasteiger partial charge is 0.480 e. The summed E-state index contributed by atoms with van der Waals surface area (Å²) < 4.78 is 0. The van der Waals surface area contributed by atoms with Crippen LogP contribution < -0.4 is 11.1 Å². The third kappa shape index (κ3) is 9.89. The third-order valence-electron chi connectivity index (χ3n) is 1.59. The number of halogens is 2. The number of hydrogen-bond donors (Lipinski definition) is 3. The average Bonchev–Trinajstić information content (AvgIpc) is 1.97. The van der Waals surface area contributed by atoms with Gasteiger partial charge in [-0.15, -0.1) is 24.8 Å². The first-order chi connectivity index (χ1) is 5.22. The van der Waals surface area contributed by atoms with Crippen LogP contribution in [0.4, 0.5) is 0 Å². The van der Waals surface area contributed by atoms with Gasteiger partial charge in [0.05, 0.1) is 0 Å². The van der Waals surface area contributed by atoms with Crippen LogP contribution in [0.5, 0.6) is 0 Å². The summed E-state index contributed by atoms with van der Waals surface area (Å²) in [6, 6.07) is -0.415. The molecule has 1 atom stereocenters. The summed E-state index contributed by atoms with van der Waals surface area (Å²) in [6.45, 7) is 0.635.